The van der Waals surface area contributed by atoms with Crippen molar-refractivity contribution in [1.29, 1.82) is 0 Å². The van der Waals surface area contributed by atoms with Gasteiger partial charge in [-0.05, 0) is 30.4 Å². The Morgan fingerprint density at radius 2 is 0.795 bits per heavy atom. The van der Waals surface area contributed by atoms with E-state index in [1.54, 1.807) is 14.1 Å². The number of aryl methyl sites for hydroxylation is 6. The van der Waals surface area contributed by atoms with Crippen molar-refractivity contribution in [1.82, 2.24) is 47.8 Å². The summed E-state index contributed by atoms with van der Waals surface area (Å²) in [5.41, 5.74) is 3.23. The molecule has 0 fully saturated rings. The molecule has 1 aliphatic carbocycles. The van der Waals surface area contributed by atoms with Crippen molar-refractivity contribution in [2.45, 2.75) is 19.3 Å². The molecule has 14 heteroatoms. The van der Waals surface area contributed by atoms with Crippen molar-refractivity contribution >= 4 is 44.1 Å². The van der Waals surface area contributed by atoms with E-state index in [0.29, 0.717) is 45.7 Å². The number of rotatable bonds is 0. The summed E-state index contributed by atoms with van der Waals surface area (Å²) in [7, 11) is 9.80. The predicted octanol–water partition coefficient (Wildman–Crippen LogP) is -0.493. The van der Waals surface area contributed by atoms with Crippen LogP contribution < -0.4 is 22.5 Å². The van der Waals surface area contributed by atoms with Crippen molar-refractivity contribution in [2.75, 3.05) is 0 Å². The molecule has 0 unspecified atom stereocenters. The van der Waals surface area contributed by atoms with Crippen LogP contribution in [0.1, 0.15) is 17.5 Å². The summed E-state index contributed by atoms with van der Waals surface area (Å²) >= 11 is 0. The van der Waals surface area contributed by atoms with Gasteiger partial charge in [-0.25, -0.2) is 9.59 Å². The van der Waals surface area contributed by atoms with E-state index in [0.717, 1.165) is 38.1 Å². The van der Waals surface area contributed by atoms with Crippen molar-refractivity contribution in [2.24, 2.45) is 42.3 Å². The Morgan fingerprint density at radius 3 is 1.15 bits per heavy atom. The quantitative estimate of drug-likeness (QED) is 0.256. The third kappa shape index (κ3) is 2.60. The fraction of sp³-hybridized carbons (Fsp3) is 0.360. The Morgan fingerprint density at radius 1 is 0.462 bits per heavy atom. The first-order valence-corrected chi connectivity index (χ1v) is 12.4. The van der Waals surface area contributed by atoms with E-state index in [2.05, 4.69) is 20.4 Å². The molecular formula is C25H24N10O4. The molecule has 0 saturated carbocycles. The van der Waals surface area contributed by atoms with Crippen LogP contribution in [-0.4, -0.2) is 47.8 Å². The summed E-state index contributed by atoms with van der Waals surface area (Å²) in [4.78, 5) is 52.0. The zero-order valence-electron chi connectivity index (χ0n) is 22.2. The summed E-state index contributed by atoms with van der Waals surface area (Å²) in [6, 6.07) is 0. The molecule has 14 nitrogen and oxygen atoms in total. The van der Waals surface area contributed by atoms with Crippen LogP contribution in [0.2, 0.25) is 0 Å². The Bertz CT molecular complexity index is 2190. The molecule has 0 saturated heterocycles. The zero-order valence-corrected chi connectivity index (χ0v) is 22.2. The van der Waals surface area contributed by atoms with E-state index in [1.165, 1.54) is 23.2 Å². The van der Waals surface area contributed by atoms with Gasteiger partial charge in [-0.15, -0.1) is 20.4 Å². The lowest BCUT2D eigenvalue weighted by molar-refractivity contribution is 0.704. The number of aromatic nitrogens is 10. The molecule has 0 spiro atoms. The molecule has 0 amide bonds. The van der Waals surface area contributed by atoms with Crippen LogP contribution in [-0.2, 0) is 55.1 Å². The normalized spacial score (nSPS) is 13.5. The minimum Gasteiger partial charge on any atom is -0.325 e. The van der Waals surface area contributed by atoms with Gasteiger partial charge in [0.15, 0.2) is 22.6 Å². The first-order valence-electron chi connectivity index (χ1n) is 12.4. The van der Waals surface area contributed by atoms with Crippen LogP contribution in [0.25, 0.3) is 55.5 Å². The average Bonchev–Trinajstić information content (AvgIpc) is 3.26. The maximum absolute atomic E-state index is 13.4. The maximum atomic E-state index is 13.4. The van der Waals surface area contributed by atoms with Crippen LogP contribution in [0.5, 0.6) is 0 Å². The van der Waals surface area contributed by atoms with Gasteiger partial charge in [-0.2, -0.15) is 0 Å². The van der Waals surface area contributed by atoms with Gasteiger partial charge in [-0.1, -0.05) is 0 Å². The Kier molecular flexibility index (Phi) is 4.39. The number of fused-ring (bicyclic) bond motifs is 11. The van der Waals surface area contributed by atoms with Crippen molar-refractivity contribution in [3.05, 3.63) is 52.8 Å². The monoisotopic (exact) mass is 528 g/mol. The largest absolute Gasteiger partial charge is 0.332 e. The third-order valence-corrected chi connectivity index (χ3v) is 8.25. The second-order valence-electron chi connectivity index (χ2n) is 10.2. The van der Waals surface area contributed by atoms with Crippen LogP contribution in [0.4, 0.5) is 0 Å². The molecule has 0 aliphatic heterocycles. The van der Waals surface area contributed by atoms with Gasteiger partial charge in [0.1, 0.15) is 0 Å². The summed E-state index contributed by atoms with van der Waals surface area (Å²) in [5, 5.41) is 19.5. The molecule has 39 heavy (non-hydrogen) atoms. The van der Waals surface area contributed by atoms with E-state index >= 15 is 0 Å². The highest BCUT2D eigenvalue weighted by molar-refractivity contribution is 6.10. The Labute approximate surface area is 218 Å². The minimum atomic E-state index is -0.472. The highest BCUT2D eigenvalue weighted by Gasteiger charge is 2.32. The predicted molar refractivity (Wildman–Crippen MR) is 144 cm³/mol. The zero-order chi connectivity index (χ0) is 27.7. The van der Waals surface area contributed by atoms with E-state index in [1.807, 2.05) is 23.2 Å². The van der Waals surface area contributed by atoms with Crippen molar-refractivity contribution in [3.8, 4) is 11.4 Å². The van der Waals surface area contributed by atoms with Gasteiger partial charge in [0, 0.05) is 53.1 Å². The molecule has 7 rings (SSSR count). The molecule has 0 bridgehead atoms. The second kappa shape index (κ2) is 7.36. The smallest absolute Gasteiger partial charge is 0.325 e. The molecule has 0 radical (unpaired) electrons. The lowest BCUT2D eigenvalue weighted by Crippen LogP contribution is -2.37. The molecule has 6 aromatic heterocycles. The molecule has 0 atom stereocenters. The highest BCUT2D eigenvalue weighted by atomic mass is 16.2. The van der Waals surface area contributed by atoms with Gasteiger partial charge in [0.25, 0.3) is 11.1 Å². The van der Waals surface area contributed by atoms with Crippen molar-refractivity contribution in [3.63, 3.8) is 0 Å². The molecule has 0 aromatic carbocycles. The fourth-order valence-electron chi connectivity index (χ4n) is 6.28. The summed E-state index contributed by atoms with van der Waals surface area (Å²) in [6.45, 7) is 0. The van der Waals surface area contributed by atoms with Crippen LogP contribution in [0, 0.1) is 0 Å². The Hall–Kier alpha value is -4.88. The SMILES string of the molecule is Cn1c(=O)c2c3c4c(n(C)c3nnc2n(C)c1=O)-c1c(c2c3c(=O)n(C)c(=O)n(C)c3nnc2n1C)CCC4. The third-order valence-electron chi connectivity index (χ3n) is 8.25. The van der Waals surface area contributed by atoms with E-state index in [4.69, 9.17) is 0 Å². The van der Waals surface area contributed by atoms with E-state index in [-0.39, 0.29) is 11.3 Å². The standard InChI is InChI=1S/C25H24N10O4/c1-30-16-10(12-14-20(28-26-18(12)30)32(3)24(38)34(5)22(14)36)8-7-9-11-13-15-21(29-27-19(13)31(2)17(11)16)33(4)25(39)35(6)23(15)37/h7-9H2,1-6H3. The highest BCUT2D eigenvalue weighted by Crippen LogP contribution is 2.43. The molecule has 0 N–H and O–H groups in total. The van der Waals surface area contributed by atoms with Crippen LogP contribution in [0.3, 0.4) is 0 Å². The van der Waals surface area contributed by atoms with E-state index in [9.17, 15) is 19.2 Å². The molecular weight excluding hydrogens is 504 g/mol. The van der Waals surface area contributed by atoms with Crippen LogP contribution in [0.15, 0.2) is 19.2 Å². The first-order chi connectivity index (χ1) is 18.6. The summed E-state index contributed by atoms with van der Waals surface area (Å²) in [5.74, 6) is 0. The molecule has 6 heterocycles. The van der Waals surface area contributed by atoms with Gasteiger partial charge in [0.2, 0.25) is 0 Å². The number of hydrogen-bond acceptors (Lipinski definition) is 8. The topological polar surface area (TPSA) is 149 Å². The average molecular weight is 529 g/mol. The molecule has 6 aromatic rings. The van der Waals surface area contributed by atoms with Gasteiger partial charge in [-0.3, -0.25) is 27.9 Å². The maximum Gasteiger partial charge on any atom is 0.332 e. The number of hydrogen-bond donors (Lipinski definition) is 0. The molecule has 198 valence electrons. The van der Waals surface area contributed by atoms with E-state index < -0.39 is 22.5 Å². The summed E-state index contributed by atoms with van der Waals surface area (Å²) in [6.07, 6.45) is 2.01. The van der Waals surface area contributed by atoms with Crippen molar-refractivity contribution < 1.29 is 0 Å². The fourth-order valence-corrected chi connectivity index (χ4v) is 6.28. The van der Waals surface area contributed by atoms with Crippen LogP contribution >= 0.6 is 0 Å². The minimum absolute atomic E-state index is 0.229. The van der Waals surface area contributed by atoms with Gasteiger partial charge in [0.05, 0.1) is 22.2 Å². The van der Waals surface area contributed by atoms with Gasteiger partial charge < -0.3 is 9.13 Å². The Balaban J connectivity index is 1.72. The second-order valence-corrected chi connectivity index (χ2v) is 10.2. The molecule has 1 aliphatic rings. The lowest BCUT2D eigenvalue weighted by Gasteiger charge is -2.08. The number of nitrogens with zero attached hydrogens (tertiary/aromatic N) is 10. The van der Waals surface area contributed by atoms with Gasteiger partial charge >= 0.3 is 11.4 Å². The lowest BCUT2D eigenvalue weighted by atomic mass is 10.0. The first kappa shape index (κ1) is 23.3. The summed E-state index contributed by atoms with van der Waals surface area (Å²) < 4.78 is 8.67.